The number of ether oxygens (including phenoxy) is 1. The first-order valence-corrected chi connectivity index (χ1v) is 8.66. The molecule has 0 aliphatic carbocycles. The summed E-state index contributed by atoms with van der Waals surface area (Å²) in [4.78, 5) is 21.0. The molecule has 0 radical (unpaired) electrons. The topological polar surface area (TPSA) is 76.1 Å². The van der Waals surface area contributed by atoms with Gasteiger partial charge in [0.1, 0.15) is 10.4 Å². The number of aromatic nitrogens is 2. The van der Waals surface area contributed by atoms with Gasteiger partial charge in [-0.3, -0.25) is 5.32 Å². The number of nitrogens with one attached hydrogen (secondary N) is 2. The Labute approximate surface area is 159 Å². The van der Waals surface area contributed by atoms with Crippen molar-refractivity contribution in [1.29, 1.82) is 0 Å². The summed E-state index contributed by atoms with van der Waals surface area (Å²) >= 11 is 3.36. The number of carbonyl (C=O) groups excluding carboxylic acids is 1. The van der Waals surface area contributed by atoms with Gasteiger partial charge in [-0.05, 0) is 40.5 Å². The second-order valence-corrected chi connectivity index (χ2v) is 6.29. The highest BCUT2D eigenvalue weighted by Gasteiger charge is 2.12. The molecule has 1 heterocycles. The first kappa shape index (κ1) is 17.9. The fraction of sp³-hybridized carbons (Fsp3) is 0.105. The molecule has 2 N–H and O–H groups in total. The Hall–Kier alpha value is -2.93. The SMILES string of the molecule is COc1ccc(C)cc1NC(=O)Nc1ncc(-c2ccccc2)nc1Br. The van der Waals surface area contributed by atoms with Crippen molar-refractivity contribution in [1.82, 2.24) is 9.97 Å². The van der Waals surface area contributed by atoms with Crippen molar-refractivity contribution in [2.45, 2.75) is 6.92 Å². The van der Waals surface area contributed by atoms with E-state index >= 15 is 0 Å². The van der Waals surface area contributed by atoms with Gasteiger partial charge in [0.25, 0.3) is 0 Å². The van der Waals surface area contributed by atoms with Gasteiger partial charge >= 0.3 is 6.03 Å². The maximum atomic E-state index is 12.3. The first-order chi connectivity index (χ1) is 12.6. The number of carbonyl (C=O) groups is 1. The molecule has 2 amide bonds. The second-order valence-electron chi connectivity index (χ2n) is 5.54. The molecule has 26 heavy (non-hydrogen) atoms. The Bertz CT molecular complexity index is 932. The second kappa shape index (κ2) is 7.97. The lowest BCUT2D eigenvalue weighted by Gasteiger charge is -2.12. The number of aryl methyl sites for hydroxylation is 1. The molecule has 3 aromatic rings. The number of halogens is 1. The van der Waals surface area contributed by atoms with Gasteiger partial charge in [-0.1, -0.05) is 36.4 Å². The summed E-state index contributed by atoms with van der Waals surface area (Å²) < 4.78 is 5.71. The summed E-state index contributed by atoms with van der Waals surface area (Å²) in [5.74, 6) is 0.907. The van der Waals surface area contributed by atoms with Crippen molar-refractivity contribution in [3.8, 4) is 17.0 Å². The van der Waals surface area contributed by atoms with Crippen LogP contribution < -0.4 is 15.4 Å². The molecule has 0 aliphatic heterocycles. The molecule has 0 unspecified atom stereocenters. The van der Waals surface area contributed by atoms with Gasteiger partial charge in [-0.2, -0.15) is 0 Å². The molecule has 0 spiro atoms. The Kier molecular flexibility index (Phi) is 5.48. The van der Waals surface area contributed by atoms with E-state index in [1.54, 1.807) is 19.4 Å². The summed E-state index contributed by atoms with van der Waals surface area (Å²) in [5, 5.41) is 5.44. The van der Waals surface area contributed by atoms with Crippen LogP contribution in [0.25, 0.3) is 11.3 Å². The molecule has 0 fully saturated rings. The quantitative estimate of drug-likeness (QED) is 0.640. The zero-order valence-electron chi connectivity index (χ0n) is 14.3. The molecular weight excluding hydrogens is 396 g/mol. The number of urea groups is 1. The lowest BCUT2D eigenvalue weighted by Crippen LogP contribution is -2.21. The van der Waals surface area contributed by atoms with Crippen molar-refractivity contribution in [3.63, 3.8) is 0 Å². The van der Waals surface area contributed by atoms with Crippen LogP contribution in [0.2, 0.25) is 0 Å². The van der Waals surface area contributed by atoms with Gasteiger partial charge in [0.2, 0.25) is 0 Å². The van der Waals surface area contributed by atoms with Gasteiger partial charge < -0.3 is 10.1 Å². The summed E-state index contributed by atoms with van der Waals surface area (Å²) in [5.41, 5.74) is 3.24. The highest BCUT2D eigenvalue weighted by Crippen LogP contribution is 2.26. The van der Waals surface area contributed by atoms with Gasteiger partial charge in [0, 0.05) is 5.56 Å². The van der Waals surface area contributed by atoms with Gasteiger partial charge in [-0.15, -0.1) is 0 Å². The van der Waals surface area contributed by atoms with E-state index in [0.29, 0.717) is 27.6 Å². The van der Waals surface area contributed by atoms with Crippen molar-refractivity contribution in [2.75, 3.05) is 17.7 Å². The number of amides is 2. The van der Waals surface area contributed by atoms with Gasteiger partial charge in [0.05, 0.1) is 24.7 Å². The minimum absolute atomic E-state index is 0.328. The van der Waals surface area contributed by atoms with Gasteiger partial charge in [0.15, 0.2) is 5.82 Å². The number of rotatable bonds is 4. The summed E-state index contributed by atoms with van der Waals surface area (Å²) in [6.07, 6.45) is 1.61. The Morgan fingerprint density at radius 3 is 2.58 bits per heavy atom. The molecule has 0 aliphatic rings. The highest BCUT2D eigenvalue weighted by atomic mass is 79.9. The monoisotopic (exact) mass is 412 g/mol. The normalized spacial score (nSPS) is 10.3. The molecule has 0 saturated heterocycles. The number of nitrogens with zero attached hydrogens (tertiary/aromatic N) is 2. The van der Waals surface area contributed by atoms with Crippen molar-refractivity contribution in [3.05, 3.63) is 64.9 Å². The predicted molar refractivity (Wildman–Crippen MR) is 106 cm³/mol. The van der Waals surface area contributed by atoms with Crippen molar-refractivity contribution in [2.24, 2.45) is 0 Å². The fourth-order valence-electron chi connectivity index (χ4n) is 2.38. The van der Waals surface area contributed by atoms with E-state index in [1.165, 1.54) is 0 Å². The number of benzene rings is 2. The molecule has 7 heteroatoms. The van der Waals surface area contributed by atoms with Crippen LogP contribution in [0.4, 0.5) is 16.3 Å². The van der Waals surface area contributed by atoms with E-state index in [1.807, 2.05) is 49.4 Å². The lowest BCUT2D eigenvalue weighted by molar-refractivity contribution is 0.262. The predicted octanol–water partition coefficient (Wildman–Crippen LogP) is 4.87. The number of hydrogen-bond acceptors (Lipinski definition) is 4. The molecule has 1 aromatic heterocycles. The molecule has 132 valence electrons. The zero-order valence-corrected chi connectivity index (χ0v) is 15.9. The molecule has 0 atom stereocenters. The maximum absolute atomic E-state index is 12.3. The third-order valence-electron chi connectivity index (χ3n) is 3.63. The van der Waals surface area contributed by atoms with Crippen LogP contribution in [0.3, 0.4) is 0 Å². The molecule has 0 bridgehead atoms. The maximum Gasteiger partial charge on any atom is 0.325 e. The molecule has 6 nitrogen and oxygen atoms in total. The van der Waals surface area contributed by atoms with Crippen LogP contribution in [0.1, 0.15) is 5.56 Å². The largest absolute Gasteiger partial charge is 0.495 e. The Morgan fingerprint density at radius 2 is 1.88 bits per heavy atom. The average molecular weight is 413 g/mol. The van der Waals surface area contributed by atoms with E-state index in [-0.39, 0.29) is 0 Å². The smallest absolute Gasteiger partial charge is 0.325 e. The summed E-state index contributed by atoms with van der Waals surface area (Å²) in [6.45, 7) is 1.94. The van der Waals surface area contributed by atoms with E-state index in [0.717, 1.165) is 11.1 Å². The average Bonchev–Trinajstić information content (AvgIpc) is 2.64. The number of anilines is 2. The number of hydrogen-bond donors (Lipinski definition) is 2. The van der Waals surface area contributed by atoms with Crippen molar-refractivity contribution >= 4 is 33.5 Å². The highest BCUT2D eigenvalue weighted by molar-refractivity contribution is 9.10. The summed E-state index contributed by atoms with van der Waals surface area (Å²) in [6, 6.07) is 14.8. The Balaban J connectivity index is 1.75. The fourth-order valence-corrected chi connectivity index (χ4v) is 2.77. The van der Waals surface area contributed by atoms with Gasteiger partial charge in [-0.25, -0.2) is 14.8 Å². The third kappa shape index (κ3) is 4.18. The van der Waals surface area contributed by atoms with Crippen LogP contribution in [0.5, 0.6) is 5.75 Å². The van der Waals surface area contributed by atoms with E-state index in [9.17, 15) is 4.79 Å². The van der Waals surface area contributed by atoms with Crippen LogP contribution >= 0.6 is 15.9 Å². The van der Waals surface area contributed by atoms with Crippen LogP contribution in [-0.4, -0.2) is 23.1 Å². The molecule has 2 aromatic carbocycles. The standard InChI is InChI=1S/C19H17BrN4O2/c1-12-8-9-16(26-2)14(10-12)23-19(25)24-18-17(20)22-15(11-21-18)13-6-4-3-5-7-13/h3-11H,1-2H3,(H2,21,23,24,25). The van der Waals surface area contributed by atoms with E-state index < -0.39 is 6.03 Å². The van der Waals surface area contributed by atoms with Crippen LogP contribution in [0.15, 0.2) is 59.3 Å². The third-order valence-corrected chi connectivity index (χ3v) is 4.19. The van der Waals surface area contributed by atoms with E-state index in [2.05, 4.69) is 36.5 Å². The van der Waals surface area contributed by atoms with Crippen LogP contribution in [0, 0.1) is 6.92 Å². The molecular formula is C19H17BrN4O2. The lowest BCUT2D eigenvalue weighted by atomic mass is 10.2. The Morgan fingerprint density at radius 1 is 1.12 bits per heavy atom. The summed E-state index contributed by atoms with van der Waals surface area (Å²) in [7, 11) is 1.55. The first-order valence-electron chi connectivity index (χ1n) is 7.87. The van der Waals surface area contributed by atoms with Crippen LogP contribution in [-0.2, 0) is 0 Å². The van der Waals surface area contributed by atoms with E-state index in [4.69, 9.17) is 4.74 Å². The molecule has 0 saturated carbocycles. The number of methoxy groups -OCH3 is 1. The minimum atomic E-state index is -0.434. The zero-order chi connectivity index (χ0) is 18.5. The minimum Gasteiger partial charge on any atom is -0.495 e. The molecule has 3 rings (SSSR count). The van der Waals surface area contributed by atoms with Crippen molar-refractivity contribution < 1.29 is 9.53 Å².